The molecule has 106 valence electrons. The first kappa shape index (κ1) is 16.5. The van der Waals surface area contributed by atoms with E-state index >= 15 is 0 Å². The predicted molar refractivity (Wildman–Crippen MR) is 83.8 cm³/mol. The normalized spacial score (nSPS) is 11.7. The highest BCUT2D eigenvalue weighted by atomic mass is 79.9. The van der Waals surface area contributed by atoms with Gasteiger partial charge < -0.3 is 10.2 Å². The van der Waals surface area contributed by atoms with Gasteiger partial charge in [-0.25, -0.2) is 0 Å². The number of amides is 1. The molecule has 0 fully saturated rings. The summed E-state index contributed by atoms with van der Waals surface area (Å²) in [5, 5.41) is 3.49. The van der Waals surface area contributed by atoms with Gasteiger partial charge in [0.15, 0.2) is 0 Å². The van der Waals surface area contributed by atoms with E-state index in [0.29, 0.717) is 17.1 Å². The molecular weight excluding hydrogens is 328 g/mol. The molecule has 1 rings (SSSR count). The van der Waals surface area contributed by atoms with Gasteiger partial charge in [-0.3, -0.25) is 4.79 Å². The first-order valence-corrected chi connectivity index (χ1v) is 7.26. The fourth-order valence-electron chi connectivity index (χ4n) is 1.97. The Morgan fingerprint density at radius 2 is 2.05 bits per heavy atom. The van der Waals surface area contributed by atoms with Gasteiger partial charge in [-0.15, -0.1) is 0 Å². The molecule has 0 atom stereocenters. The number of rotatable bonds is 5. The molecule has 0 aliphatic rings. The number of nitrogens with zero attached hydrogens (tertiary/aromatic N) is 1. The minimum absolute atomic E-state index is 0.0261. The number of hydrogen-bond donors (Lipinski definition) is 1. The number of benzene rings is 1. The Kier molecular flexibility index (Phi) is 5.83. The molecule has 5 heteroatoms. The third-order valence-electron chi connectivity index (χ3n) is 2.65. The average Bonchev–Trinajstić information content (AvgIpc) is 2.28. The molecule has 0 radical (unpaired) electrons. The van der Waals surface area contributed by atoms with Crippen LogP contribution >= 0.6 is 27.5 Å². The molecule has 0 unspecified atom stereocenters. The van der Waals surface area contributed by atoms with Crippen LogP contribution in [0.1, 0.15) is 24.2 Å². The van der Waals surface area contributed by atoms with Crippen molar-refractivity contribution in [3.8, 4) is 0 Å². The molecular formula is C14H20BrClN2O. The van der Waals surface area contributed by atoms with E-state index in [9.17, 15) is 4.79 Å². The summed E-state index contributed by atoms with van der Waals surface area (Å²) < 4.78 is 0.790. The number of carbonyl (C=O) groups excluding carboxylic acids is 1. The van der Waals surface area contributed by atoms with Crippen LogP contribution in [0.2, 0.25) is 5.02 Å². The van der Waals surface area contributed by atoms with Crippen LogP contribution < -0.4 is 5.32 Å². The molecule has 0 aliphatic carbocycles. The topological polar surface area (TPSA) is 32.3 Å². The smallest absolute Gasteiger partial charge is 0.251 e. The van der Waals surface area contributed by atoms with Gasteiger partial charge >= 0.3 is 0 Å². The summed E-state index contributed by atoms with van der Waals surface area (Å²) in [6.07, 6.45) is 0. The second kappa shape index (κ2) is 6.73. The summed E-state index contributed by atoms with van der Waals surface area (Å²) >= 11 is 9.29. The fraction of sp³-hybridized carbons (Fsp3) is 0.500. The zero-order chi connectivity index (χ0) is 14.6. The molecule has 0 heterocycles. The lowest BCUT2D eigenvalue weighted by Crippen LogP contribution is -2.39. The van der Waals surface area contributed by atoms with E-state index in [2.05, 4.69) is 40.0 Å². The van der Waals surface area contributed by atoms with Crippen molar-refractivity contribution in [3.05, 3.63) is 33.3 Å². The SMILES string of the molecule is CN(C)CC(C)(C)CNC(=O)c1ccc(Br)c(Cl)c1. The lowest BCUT2D eigenvalue weighted by atomic mass is 9.93. The van der Waals surface area contributed by atoms with Crippen molar-refractivity contribution in [1.82, 2.24) is 10.2 Å². The zero-order valence-corrected chi connectivity index (χ0v) is 14.1. The first-order chi connectivity index (χ1) is 8.71. The van der Waals surface area contributed by atoms with Crippen molar-refractivity contribution < 1.29 is 4.79 Å². The zero-order valence-electron chi connectivity index (χ0n) is 11.8. The summed E-state index contributed by atoms with van der Waals surface area (Å²) in [5.41, 5.74) is 0.604. The first-order valence-electron chi connectivity index (χ1n) is 6.09. The molecule has 0 aliphatic heterocycles. The molecule has 0 aromatic heterocycles. The van der Waals surface area contributed by atoms with Crippen LogP contribution in [0.15, 0.2) is 22.7 Å². The molecule has 0 spiro atoms. The van der Waals surface area contributed by atoms with Gasteiger partial charge in [0.05, 0.1) is 5.02 Å². The lowest BCUT2D eigenvalue weighted by Gasteiger charge is -2.28. The molecule has 0 saturated carbocycles. The van der Waals surface area contributed by atoms with Crippen LogP contribution in [-0.4, -0.2) is 38.0 Å². The van der Waals surface area contributed by atoms with Crippen molar-refractivity contribution in [1.29, 1.82) is 0 Å². The molecule has 1 aromatic rings. The lowest BCUT2D eigenvalue weighted by molar-refractivity contribution is 0.0929. The summed E-state index contributed by atoms with van der Waals surface area (Å²) in [4.78, 5) is 14.2. The Balaban J connectivity index is 2.62. The molecule has 1 N–H and O–H groups in total. The van der Waals surface area contributed by atoms with Gasteiger partial charge in [-0.05, 0) is 53.6 Å². The maximum Gasteiger partial charge on any atom is 0.251 e. The molecule has 3 nitrogen and oxygen atoms in total. The van der Waals surface area contributed by atoms with E-state index in [1.807, 2.05) is 14.1 Å². The van der Waals surface area contributed by atoms with E-state index < -0.39 is 0 Å². The molecule has 19 heavy (non-hydrogen) atoms. The Morgan fingerprint density at radius 1 is 1.42 bits per heavy atom. The minimum atomic E-state index is -0.0961. The third-order valence-corrected chi connectivity index (χ3v) is 3.89. The van der Waals surface area contributed by atoms with Crippen molar-refractivity contribution in [2.45, 2.75) is 13.8 Å². The maximum absolute atomic E-state index is 12.0. The average molecular weight is 348 g/mol. The second-order valence-electron chi connectivity index (χ2n) is 5.71. The fourth-order valence-corrected chi connectivity index (χ4v) is 2.40. The van der Waals surface area contributed by atoms with Gasteiger partial charge in [0.2, 0.25) is 0 Å². The van der Waals surface area contributed by atoms with Gasteiger partial charge in [-0.1, -0.05) is 25.4 Å². The van der Waals surface area contributed by atoms with Crippen molar-refractivity contribution in [3.63, 3.8) is 0 Å². The monoisotopic (exact) mass is 346 g/mol. The minimum Gasteiger partial charge on any atom is -0.351 e. The summed E-state index contributed by atoms with van der Waals surface area (Å²) in [6.45, 7) is 5.79. The van der Waals surface area contributed by atoms with E-state index in [4.69, 9.17) is 11.6 Å². The number of carbonyl (C=O) groups is 1. The third kappa shape index (κ3) is 5.51. The van der Waals surface area contributed by atoms with Crippen molar-refractivity contribution >= 4 is 33.4 Å². The highest BCUT2D eigenvalue weighted by Crippen LogP contribution is 2.23. The van der Waals surface area contributed by atoms with E-state index in [-0.39, 0.29) is 11.3 Å². The number of nitrogens with one attached hydrogen (secondary N) is 1. The van der Waals surface area contributed by atoms with Crippen molar-refractivity contribution in [2.75, 3.05) is 27.2 Å². The Morgan fingerprint density at radius 3 is 2.58 bits per heavy atom. The Labute approximate surface area is 128 Å². The van der Waals surface area contributed by atoms with E-state index in [0.717, 1.165) is 11.0 Å². The van der Waals surface area contributed by atoms with Crippen LogP contribution in [0.4, 0.5) is 0 Å². The van der Waals surface area contributed by atoms with Crippen LogP contribution in [0, 0.1) is 5.41 Å². The Bertz CT molecular complexity index is 461. The standard InChI is InChI=1S/C14H20BrClN2O/c1-14(2,9-18(3)4)8-17-13(19)10-5-6-11(15)12(16)7-10/h5-7H,8-9H2,1-4H3,(H,17,19). The van der Waals surface area contributed by atoms with Gasteiger partial charge in [0.1, 0.15) is 0 Å². The van der Waals surface area contributed by atoms with Crippen LogP contribution in [0.25, 0.3) is 0 Å². The van der Waals surface area contributed by atoms with Crippen LogP contribution in [-0.2, 0) is 0 Å². The summed E-state index contributed by atoms with van der Waals surface area (Å²) in [7, 11) is 4.05. The van der Waals surface area contributed by atoms with Crippen molar-refractivity contribution in [2.24, 2.45) is 5.41 Å². The summed E-state index contributed by atoms with van der Waals surface area (Å²) in [5.74, 6) is -0.0961. The number of halogens is 2. The molecule has 1 aromatic carbocycles. The van der Waals surface area contributed by atoms with Gasteiger partial charge in [0.25, 0.3) is 5.91 Å². The quantitative estimate of drug-likeness (QED) is 0.885. The highest BCUT2D eigenvalue weighted by molar-refractivity contribution is 9.10. The molecule has 0 saturated heterocycles. The molecule has 1 amide bonds. The second-order valence-corrected chi connectivity index (χ2v) is 6.98. The van der Waals surface area contributed by atoms with Crippen LogP contribution in [0.5, 0.6) is 0 Å². The van der Waals surface area contributed by atoms with E-state index in [1.54, 1.807) is 18.2 Å². The number of hydrogen-bond acceptors (Lipinski definition) is 2. The van der Waals surface area contributed by atoms with Gasteiger partial charge in [0, 0.05) is 23.1 Å². The maximum atomic E-state index is 12.0. The van der Waals surface area contributed by atoms with Gasteiger partial charge in [-0.2, -0.15) is 0 Å². The molecule has 0 bridgehead atoms. The Hall–Kier alpha value is -0.580. The van der Waals surface area contributed by atoms with E-state index in [1.165, 1.54) is 0 Å². The highest BCUT2D eigenvalue weighted by Gasteiger charge is 2.20. The summed E-state index contributed by atoms with van der Waals surface area (Å²) in [6, 6.07) is 5.20. The van der Waals surface area contributed by atoms with Crippen LogP contribution in [0.3, 0.4) is 0 Å². The largest absolute Gasteiger partial charge is 0.351 e. The predicted octanol–water partition coefficient (Wildman–Crippen LogP) is 3.42.